The van der Waals surface area contributed by atoms with E-state index < -0.39 is 0 Å². The molecule has 0 unspecified atom stereocenters. The van der Waals surface area contributed by atoms with Crippen molar-refractivity contribution in [2.24, 2.45) is 0 Å². The predicted molar refractivity (Wildman–Crippen MR) is 46.8 cm³/mol. The summed E-state index contributed by atoms with van der Waals surface area (Å²) in [4.78, 5) is 0. The molecule has 0 aliphatic carbocycles. The first-order chi connectivity index (χ1) is 5.36. The van der Waals surface area contributed by atoms with Crippen LogP contribution in [0.5, 0.6) is 0 Å². The summed E-state index contributed by atoms with van der Waals surface area (Å²) in [6, 6.07) is 2.03. The van der Waals surface area contributed by atoms with Crippen molar-refractivity contribution >= 4 is 11.6 Å². The van der Waals surface area contributed by atoms with E-state index in [4.69, 9.17) is 11.6 Å². The van der Waals surface area contributed by atoms with Gasteiger partial charge in [0.25, 0.3) is 0 Å². The zero-order valence-corrected chi connectivity index (χ0v) is 7.49. The van der Waals surface area contributed by atoms with Gasteiger partial charge in [0.2, 0.25) is 0 Å². The van der Waals surface area contributed by atoms with Crippen LogP contribution >= 0.6 is 11.6 Å². The number of unbranched alkanes of at least 4 members (excludes halogenated alkanes) is 1. The van der Waals surface area contributed by atoms with Crippen LogP contribution in [0.15, 0.2) is 6.07 Å². The second-order valence-electron chi connectivity index (χ2n) is 2.62. The van der Waals surface area contributed by atoms with E-state index in [0.29, 0.717) is 5.88 Å². The molecule has 3 heteroatoms. The first-order valence-electron chi connectivity index (χ1n) is 3.96. The van der Waals surface area contributed by atoms with Gasteiger partial charge in [-0.05, 0) is 18.9 Å². The summed E-state index contributed by atoms with van der Waals surface area (Å²) in [5.74, 6) is 0.527. The fourth-order valence-corrected chi connectivity index (χ4v) is 1.10. The molecule has 1 heterocycles. The lowest BCUT2D eigenvalue weighted by atomic mass is 10.2. The quantitative estimate of drug-likeness (QED) is 0.695. The molecule has 0 spiro atoms. The molecule has 0 saturated heterocycles. The molecule has 11 heavy (non-hydrogen) atoms. The average molecular weight is 173 g/mol. The number of H-pyrrole nitrogens is 1. The number of rotatable bonds is 4. The lowest BCUT2D eigenvalue weighted by Gasteiger charge is -1.89. The molecule has 0 aliphatic heterocycles. The van der Waals surface area contributed by atoms with Gasteiger partial charge in [-0.3, -0.25) is 5.10 Å². The molecule has 0 bridgehead atoms. The number of aromatic amines is 1. The van der Waals surface area contributed by atoms with Gasteiger partial charge in [-0.15, -0.1) is 11.6 Å². The molecule has 1 aromatic rings. The predicted octanol–water partition coefficient (Wildman–Crippen LogP) is 2.49. The monoisotopic (exact) mass is 172 g/mol. The van der Waals surface area contributed by atoms with Crippen LogP contribution in [0.1, 0.15) is 31.2 Å². The highest BCUT2D eigenvalue weighted by atomic mass is 35.5. The number of aromatic nitrogens is 2. The van der Waals surface area contributed by atoms with E-state index in [1.165, 1.54) is 12.8 Å². The van der Waals surface area contributed by atoms with Gasteiger partial charge < -0.3 is 0 Å². The zero-order chi connectivity index (χ0) is 8.10. The third-order valence-electron chi connectivity index (χ3n) is 1.61. The van der Waals surface area contributed by atoms with Gasteiger partial charge in [0.15, 0.2) is 0 Å². The third-order valence-corrected chi connectivity index (χ3v) is 1.90. The minimum absolute atomic E-state index is 0.527. The van der Waals surface area contributed by atoms with Crippen LogP contribution in [-0.2, 0) is 12.3 Å². The second-order valence-corrected chi connectivity index (χ2v) is 2.89. The highest BCUT2D eigenvalue weighted by Gasteiger charge is 1.97. The van der Waals surface area contributed by atoms with E-state index in [-0.39, 0.29) is 0 Å². The molecule has 1 aromatic heterocycles. The summed E-state index contributed by atoms with van der Waals surface area (Å²) in [6.07, 6.45) is 3.47. The number of alkyl halides is 1. The van der Waals surface area contributed by atoms with Crippen LogP contribution in [0.4, 0.5) is 0 Å². The van der Waals surface area contributed by atoms with Crippen molar-refractivity contribution in [3.8, 4) is 0 Å². The molecule has 0 amide bonds. The van der Waals surface area contributed by atoms with E-state index in [1.807, 2.05) is 6.07 Å². The van der Waals surface area contributed by atoms with Crippen molar-refractivity contribution < 1.29 is 0 Å². The van der Waals surface area contributed by atoms with E-state index in [2.05, 4.69) is 17.1 Å². The maximum Gasteiger partial charge on any atom is 0.0641 e. The smallest absolute Gasteiger partial charge is 0.0641 e. The first kappa shape index (κ1) is 8.60. The highest BCUT2D eigenvalue weighted by Crippen LogP contribution is 2.05. The summed E-state index contributed by atoms with van der Waals surface area (Å²) in [7, 11) is 0. The van der Waals surface area contributed by atoms with Crippen molar-refractivity contribution in [2.45, 2.75) is 32.1 Å². The summed E-state index contributed by atoms with van der Waals surface area (Å²) < 4.78 is 0. The minimum Gasteiger partial charge on any atom is -0.281 e. The molecule has 0 radical (unpaired) electrons. The van der Waals surface area contributed by atoms with E-state index in [1.54, 1.807) is 0 Å². The summed E-state index contributed by atoms with van der Waals surface area (Å²) in [5.41, 5.74) is 2.14. The Hall–Kier alpha value is -0.500. The van der Waals surface area contributed by atoms with Crippen molar-refractivity contribution in [2.75, 3.05) is 0 Å². The normalized spacial score (nSPS) is 10.4. The maximum absolute atomic E-state index is 5.60. The van der Waals surface area contributed by atoms with E-state index in [0.717, 1.165) is 17.8 Å². The van der Waals surface area contributed by atoms with Crippen LogP contribution < -0.4 is 0 Å². The van der Waals surface area contributed by atoms with Gasteiger partial charge in [-0.1, -0.05) is 13.3 Å². The van der Waals surface area contributed by atoms with Crippen LogP contribution in [0.3, 0.4) is 0 Å². The highest BCUT2D eigenvalue weighted by molar-refractivity contribution is 6.16. The lowest BCUT2D eigenvalue weighted by molar-refractivity contribution is 0.771. The molecule has 1 N–H and O–H groups in total. The molecule has 0 saturated carbocycles. The van der Waals surface area contributed by atoms with Crippen molar-refractivity contribution in [1.29, 1.82) is 0 Å². The molecule has 0 aromatic carbocycles. The number of aryl methyl sites for hydroxylation is 1. The molecular weight excluding hydrogens is 160 g/mol. The van der Waals surface area contributed by atoms with Gasteiger partial charge in [0.05, 0.1) is 17.3 Å². The Balaban J connectivity index is 2.44. The van der Waals surface area contributed by atoms with Crippen LogP contribution in [-0.4, -0.2) is 10.2 Å². The number of nitrogens with zero attached hydrogens (tertiary/aromatic N) is 1. The van der Waals surface area contributed by atoms with E-state index in [9.17, 15) is 0 Å². The average Bonchev–Trinajstić information content (AvgIpc) is 2.48. The summed E-state index contributed by atoms with van der Waals surface area (Å²) in [5, 5.41) is 7.00. The number of nitrogens with one attached hydrogen (secondary N) is 1. The maximum atomic E-state index is 5.60. The van der Waals surface area contributed by atoms with Gasteiger partial charge in [-0.2, -0.15) is 5.10 Å². The first-order valence-corrected chi connectivity index (χ1v) is 4.49. The van der Waals surface area contributed by atoms with Crippen molar-refractivity contribution in [3.63, 3.8) is 0 Å². The van der Waals surface area contributed by atoms with Crippen molar-refractivity contribution in [3.05, 3.63) is 17.5 Å². The van der Waals surface area contributed by atoms with Gasteiger partial charge >= 0.3 is 0 Å². The summed E-state index contributed by atoms with van der Waals surface area (Å²) >= 11 is 5.60. The molecule has 2 nitrogen and oxygen atoms in total. The zero-order valence-electron chi connectivity index (χ0n) is 6.73. The molecule has 1 rings (SSSR count). The van der Waals surface area contributed by atoms with E-state index >= 15 is 0 Å². The summed E-state index contributed by atoms with van der Waals surface area (Å²) in [6.45, 7) is 2.18. The fourth-order valence-electron chi connectivity index (χ4n) is 0.964. The third kappa shape index (κ3) is 2.54. The van der Waals surface area contributed by atoms with Crippen molar-refractivity contribution in [1.82, 2.24) is 10.2 Å². The topological polar surface area (TPSA) is 28.7 Å². The lowest BCUT2D eigenvalue weighted by Crippen LogP contribution is -1.83. The molecule has 0 aliphatic rings. The van der Waals surface area contributed by atoms with Gasteiger partial charge in [0.1, 0.15) is 0 Å². The standard InChI is InChI=1S/C8H13ClN2/c1-2-3-4-7-5-8(6-9)11-10-7/h5H,2-4,6H2,1H3,(H,10,11). The van der Waals surface area contributed by atoms with Gasteiger partial charge in [-0.25, -0.2) is 0 Å². The van der Waals surface area contributed by atoms with Crippen LogP contribution in [0, 0.1) is 0 Å². The Morgan fingerprint density at radius 1 is 1.64 bits per heavy atom. The van der Waals surface area contributed by atoms with Crippen LogP contribution in [0.25, 0.3) is 0 Å². The molecule has 62 valence electrons. The Bertz CT molecular complexity index is 208. The number of hydrogen-bond donors (Lipinski definition) is 1. The SMILES string of the molecule is CCCCc1cc(CCl)[nH]n1. The second kappa shape index (κ2) is 4.39. The Kier molecular flexibility index (Phi) is 3.43. The molecule has 0 fully saturated rings. The van der Waals surface area contributed by atoms with Crippen LogP contribution in [0.2, 0.25) is 0 Å². The Labute approximate surface area is 72.0 Å². The van der Waals surface area contributed by atoms with Gasteiger partial charge in [0, 0.05) is 0 Å². The number of hydrogen-bond acceptors (Lipinski definition) is 1. The fraction of sp³-hybridized carbons (Fsp3) is 0.625. The minimum atomic E-state index is 0.527. The molecule has 0 atom stereocenters. The Morgan fingerprint density at radius 2 is 2.45 bits per heavy atom. The Morgan fingerprint density at radius 3 is 3.00 bits per heavy atom. The molecular formula is C8H13ClN2. The largest absolute Gasteiger partial charge is 0.281 e. The number of halogens is 1.